The van der Waals surface area contributed by atoms with E-state index in [0.29, 0.717) is 20.8 Å². The van der Waals surface area contributed by atoms with Gasteiger partial charge in [-0.3, -0.25) is 9.78 Å². The fraction of sp³-hybridized carbons (Fsp3) is 0.120. The summed E-state index contributed by atoms with van der Waals surface area (Å²) in [5.74, 6) is -1.35. The molecule has 4 amide bonds. The monoisotopic (exact) mass is 541 g/mol. The Morgan fingerprint density at radius 1 is 0.947 bits per heavy atom. The number of pyridine rings is 1. The van der Waals surface area contributed by atoms with Crippen LogP contribution in [0.3, 0.4) is 0 Å². The lowest BCUT2D eigenvalue weighted by atomic mass is 10.2. The highest BCUT2D eigenvalue weighted by Gasteiger charge is 2.16. The number of aryl methyl sites for hydroxylation is 1. The Morgan fingerprint density at radius 2 is 1.71 bits per heavy atom. The van der Waals surface area contributed by atoms with Crippen molar-refractivity contribution in [2.24, 2.45) is 0 Å². The number of rotatable bonds is 8. The van der Waals surface area contributed by atoms with E-state index in [4.69, 9.17) is 9.84 Å². The molecule has 0 bridgehead atoms. The molecular weight excluding hydrogens is 520 g/mol. The van der Waals surface area contributed by atoms with Gasteiger partial charge in [-0.05, 0) is 42.8 Å². The highest BCUT2D eigenvalue weighted by atomic mass is 32.1. The number of hydrogen-bond acceptors (Lipinski definition) is 6. The average Bonchev–Trinajstić information content (AvgIpc) is 3.31. The zero-order valence-corrected chi connectivity index (χ0v) is 20.6. The van der Waals surface area contributed by atoms with E-state index in [-0.39, 0.29) is 30.2 Å². The Labute approximate surface area is 218 Å². The zero-order valence-electron chi connectivity index (χ0n) is 19.8. The molecule has 0 saturated heterocycles. The second kappa shape index (κ2) is 11.5. The molecule has 2 aromatic carbocycles. The van der Waals surface area contributed by atoms with E-state index in [1.54, 1.807) is 25.1 Å². The maximum atomic E-state index is 14.7. The first-order valence-corrected chi connectivity index (χ1v) is 12.0. The van der Waals surface area contributed by atoms with E-state index in [1.165, 1.54) is 30.5 Å². The number of anilines is 2. The third kappa shape index (κ3) is 6.50. The van der Waals surface area contributed by atoms with Crippen molar-refractivity contribution in [1.29, 1.82) is 0 Å². The summed E-state index contributed by atoms with van der Waals surface area (Å²) < 4.78 is 35.0. The Hall–Kier alpha value is -4.78. The standard InChI is InChI=1S/C25H21F2N5O5S/c1-13-2-4-15(26)18(10-13)32-24(34)31-17-5-3-14(11-16(17)27)37-20-6-7-28-19-12-21(38-22(19)20)23(33)29-8-9-30-25(35)36/h2-7,10-12,30H,8-9H2,1H3,(H,29,33)(H,35,36)(H2,31,32,34). The van der Waals surface area contributed by atoms with Crippen LogP contribution in [0.15, 0.2) is 54.7 Å². The van der Waals surface area contributed by atoms with Gasteiger partial charge in [0.2, 0.25) is 0 Å². The minimum absolute atomic E-state index is 0.0366. The van der Waals surface area contributed by atoms with Crippen LogP contribution in [0.4, 0.5) is 29.7 Å². The molecule has 0 radical (unpaired) electrons. The van der Waals surface area contributed by atoms with Crippen molar-refractivity contribution in [3.8, 4) is 11.5 Å². The Kier molecular flexibility index (Phi) is 7.97. The molecule has 0 aliphatic carbocycles. The number of nitrogens with zero attached hydrogens (tertiary/aromatic N) is 1. The summed E-state index contributed by atoms with van der Waals surface area (Å²) in [5, 5.41) is 18.0. The minimum atomic E-state index is -1.19. The predicted octanol–water partition coefficient (Wildman–Crippen LogP) is 5.32. The number of nitrogens with one attached hydrogen (secondary N) is 4. The fourth-order valence-electron chi connectivity index (χ4n) is 3.34. The first kappa shape index (κ1) is 26.3. The molecule has 0 atom stereocenters. The molecule has 0 aliphatic heterocycles. The van der Waals surface area contributed by atoms with Crippen molar-refractivity contribution >= 4 is 51.0 Å². The van der Waals surface area contributed by atoms with Crippen molar-refractivity contribution in [1.82, 2.24) is 15.6 Å². The maximum absolute atomic E-state index is 14.7. The van der Waals surface area contributed by atoms with E-state index in [1.807, 2.05) is 0 Å². The maximum Gasteiger partial charge on any atom is 0.404 e. The van der Waals surface area contributed by atoms with Gasteiger partial charge in [0.15, 0.2) is 0 Å². The molecule has 4 aromatic rings. The van der Waals surface area contributed by atoms with Gasteiger partial charge in [-0.15, -0.1) is 11.3 Å². The molecule has 0 aliphatic rings. The lowest BCUT2D eigenvalue weighted by molar-refractivity contribution is 0.0957. The first-order valence-electron chi connectivity index (χ1n) is 11.1. The molecule has 0 fully saturated rings. The number of carboxylic acid groups (broad SMARTS) is 1. The number of amides is 4. The van der Waals surface area contributed by atoms with Gasteiger partial charge in [0.25, 0.3) is 5.91 Å². The van der Waals surface area contributed by atoms with Gasteiger partial charge in [0.05, 0.1) is 26.5 Å². The molecule has 2 heterocycles. The zero-order chi connectivity index (χ0) is 27.2. The second-order valence-electron chi connectivity index (χ2n) is 7.93. The Morgan fingerprint density at radius 3 is 2.47 bits per heavy atom. The third-order valence-electron chi connectivity index (χ3n) is 5.07. The number of fused-ring (bicyclic) bond motifs is 1. The number of thiophene rings is 1. The Bertz CT molecular complexity index is 1530. The minimum Gasteiger partial charge on any atom is -0.465 e. The molecule has 4 rings (SSSR count). The normalized spacial score (nSPS) is 10.6. The topological polar surface area (TPSA) is 142 Å². The van der Waals surface area contributed by atoms with Gasteiger partial charge in [-0.25, -0.2) is 18.4 Å². The van der Waals surface area contributed by atoms with Crippen LogP contribution >= 0.6 is 11.3 Å². The van der Waals surface area contributed by atoms with Gasteiger partial charge in [-0.2, -0.15) is 0 Å². The number of halogens is 2. The lowest BCUT2D eigenvalue weighted by Crippen LogP contribution is -2.33. The number of urea groups is 1. The molecule has 38 heavy (non-hydrogen) atoms. The summed E-state index contributed by atoms with van der Waals surface area (Å²) in [4.78, 5) is 39.7. The predicted molar refractivity (Wildman–Crippen MR) is 138 cm³/mol. The molecule has 13 heteroatoms. The van der Waals surface area contributed by atoms with Crippen LogP contribution < -0.4 is 26.0 Å². The molecule has 0 unspecified atom stereocenters. The average molecular weight is 542 g/mol. The third-order valence-corrected chi connectivity index (χ3v) is 6.21. The number of carbonyl (C=O) groups is 3. The summed E-state index contributed by atoms with van der Waals surface area (Å²) >= 11 is 1.11. The van der Waals surface area contributed by atoms with Crippen molar-refractivity contribution in [3.05, 3.63) is 76.8 Å². The van der Waals surface area contributed by atoms with Gasteiger partial charge < -0.3 is 31.1 Å². The van der Waals surface area contributed by atoms with Crippen molar-refractivity contribution in [2.75, 3.05) is 23.7 Å². The molecule has 0 saturated carbocycles. The van der Waals surface area contributed by atoms with Crippen molar-refractivity contribution in [2.45, 2.75) is 6.92 Å². The largest absolute Gasteiger partial charge is 0.465 e. The van der Waals surface area contributed by atoms with Gasteiger partial charge in [-0.1, -0.05) is 6.07 Å². The first-order chi connectivity index (χ1) is 18.2. The smallest absolute Gasteiger partial charge is 0.404 e. The van der Waals surface area contributed by atoms with E-state index in [9.17, 15) is 23.2 Å². The second-order valence-corrected chi connectivity index (χ2v) is 8.98. The van der Waals surface area contributed by atoms with Crippen LogP contribution in [0.2, 0.25) is 0 Å². The summed E-state index contributed by atoms with van der Waals surface area (Å²) in [7, 11) is 0. The molecule has 0 spiro atoms. The Balaban J connectivity index is 1.43. The highest BCUT2D eigenvalue weighted by molar-refractivity contribution is 7.21. The van der Waals surface area contributed by atoms with Crippen molar-refractivity contribution < 1.29 is 33.0 Å². The highest BCUT2D eigenvalue weighted by Crippen LogP contribution is 2.35. The number of ether oxygens (including phenoxy) is 1. The van der Waals surface area contributed by atoms with E-state index in [0.717, 1.165) is 23.0 Å². The van der Waals surface area contributed by atoms with Crippen LogP contribution in [0.25, 0.3) is 10.2 Å². The number of aromatic nitrogens is 1. The number of benzene rings is 2. The molecule has 196 valence electrons. The lowest BCUT2D eigenvalue weighted by Gasteiger charge is -2.11. The molecule has 10 nitrogen and oxygen atoms in total. The molecule has 2 aromatic heterocycles. The number of carbonyl (C=O) groups excluding carboxylic acids is 2. The van der Waals surface area contributed by atoms with Crippen LogP contribution in [0.1, 0.15) is 15.2 Å². The molecule has 5 N–H and O–H groups in total. The van der Waals surface area contributed by atoms with Crippen LogP contribution in [0.5, 0.6) is 11.5 Å². The molecular formula is C25H21F2N5O5S. The van der Waals surface area contributed by atoms with Crippen molar-refractivity contribution in [3.63, 3.8) is 0 Å². The van der Waals surface area contributed by atoms with Gasteiger partial charge in [0.1, 0.15) is 23.1 Å². The fourth-order valence-corrected chi connectivity index (χ4v) is 4.32. The number of hydrogen-bond donors (Lipinski definition) is 5. The van der Waals surface area contributed by atoms with Crippen LogP contribution in [0, 0.1) is 18.6 Å². The van der Waals surface area contributed by atoms with E-state index >= 15 is 0 Å². The summed E-state index contributed by atoms with van der Waals surface area (Å²) in [5.41, 5.74) is 1.05. The van der Waals surface area contributed by atoms with Crippen LogP contribution in [-0.2, 0) is 0 Å². The summed E-state index contributed by atoms with van der Waals surface area (Å²) in [6.45, 7) is 1.90. The summed E-state index contributed by atoms with van der Waals surface area (Å²) in [6.07, 6.45) is 0.289. The summed E-state index contributed by atoms with van der Waals surface area (Å²) in [6, 6.07) is 10.4. The van der Waals surface area contributed by atoms with Crippen LogP contribution in [-0.4, -0.2) is 41.2 Å². The van der Waals surface area contributed by atoms with Gasteiger partial charge >= 0.3 is 12.1 Å². The van der Waals surface area contributed by atoms with E-state index in [2.05, 4.69) is 26.3 Å². The SMILES string of the molecule is Cc1ccc(F)c(NC(=O)Nc2ccc(Oc3ccnc4cc(C(=O)NCCNC(=O)O)sc34)cc2F)c1. The van der Waals surface area contributed by atoms with E-state index < -0.39 is 29.7 Å². The quantitative estimate of drug-likeness (QED) is 0.191. The van der Waals surface area contributed by atoms with Gasteiger partial charge in [0, 0.05) is 31.4 Å².